The number of hydrogen-bond acceptors (Lipinski definition) is 6. The molecule has 0 bridgehead atoms. The molecule has 2 aromatic rings. The van der Waals surface area contributed by atoms with E-state index in [0.717, 1.165) is 4.90 Å². The highest BCUT2D eigenvalue weighted by atomic mass is 35.5. The Morgan fingerprint density at radius 3 is 2.56 bits per heavy atom. The summed E-state index contributed by atoms with van der Waals surface area (Å²) in [7, 11) is 0. The molecular formula is C19H18ClNO5S. The van der Waals surface area contributed by atoms with E-state index in [2.05, 4.69) is 5.32 Å². The summed E-state index contributed by atoms with van der Waals surface area (Å²) in [4.78, 5) is 25.4. The van der Waals surface area contributed by atoms with Gasteiger partial charge in [0.25, 0.3) is 5.91 Å². The molecule has 0 fully saturated rings. The molecule has 1 aliphatic heterocycles. The van der Waals surface area contributed by atoms with Crippen LogP contribution < -0.4 is 14.8 Å². The van der Waals surface area contributed by atoms with Crippen LogP contribution in [0.25, 0.3) is 0 Å². The predicted molar refractivity (Wildman–Crippen MR) is 104 cm³/mol. The lowest BCUT2D eigenvalue weighted by Gasteiger charge is -2.16. The Kier molecular flexibility index (Phi) is 6.13. The van der Waals surface area contributed by atoms with Gasteiger partial charge >= 0.3 is 5.97 Å². The van der Waals surface area contributed by atoms with Crippen LogP contribution in [0.15, 0.2) is 47.4 Å². The molecule has 2 atom stereocenters. The summed E-state index contributed by atoms with van der Waals surface area (Å²) < 4.78 is 15.8. The SMILES string of the molecule is C[C@H](Sc1ccc(Cl)cc1)C(=O)O[C@H](C)C(=O)Nc1ccc2c(c1)OCO2. The fourth-order valence-electron chi connectivity index (χ4n) is 2.31. The lowest BCUT2D eigenvalue weighted by Crippen LogP contribution is -2.32. The quantitative estimate of drug-likeness (QED) is 0.573. The van der Waals surface area contributed by atoms with Gasteiger partial charge in [0.1, 0.15) is 5.25 Å². The number of fused-ring (bicyclic) bond motifs is 1. The summed E-state index contributed by atoms with van der Waals surface area (Å²) in [5, 5.41) is 2.86. The van der Waals surface area contributed by atoms with Crippen molar-refractivity contribution in [3.63, 3.8) is 0 Å². The van der Waals surface area contributed by atoms with Gasteiger partial charge in [-0.05, 0) is 50.2 Å². The van der Waals surface area contributed by atoms with E-state index >= 15 is 0 Å². The first kappa shape index (κ1) is 19.4. The second kappa shape index (κ2) is 8.54. The number of rotatable bonds is 6. The highest BCUT2D eigenvalue weighted by Gasteiger charge is 2.23. The summed E-state index contributed by atoms with van der Waals surface area (Å²) in [6, 6.07) is 12.2. The van der Waals surface area contributed by atoms with Gasteiger partial charge in [0.05, 0.1) is 0 Å². The molecule has 0 aliphatic carbocycles. The van der Waals surface area contributed by atoms with Crippen LogP contribution in [-0.2, 0) is 14.3 Å². The summed E-state index contributed by atoms with van der Waals surface area (Å²) >= 11 is 7.19. The van der Waals surface area contributed by atoms with E-state index in [1.807, 2.05) is 12.1 Å². The summed E-state index contributed by atoms with van der Waals surface area (Å²) in [5.41, 5.74) is 0.538. The lowest BCUT2D eigenvalue weighted by molar-refractivity contribution is -0.152. The van der Waals surface area contributed by atoms with E-state index in [1.165, 1.54) is 18.7 Å². The second-order valence-corrected chi connectivity index (χ2v) is 7.70. The largest absolute Gasteiger partial charge is 0.454 e. The number of anilines is 1. The number of carbonyl (C=O) groups is 2. The summed E-state index contributed by atoms with van der Waals surface area (Å²) in [6.45, 7) is 3.41. The molecule has 142 valence electrons. The molecule has 3 rings (SSSR count). The summed E-state index contributed by atoms with van der Waals surface area (Å²) in [5.74, 6) is 0.292. The maximum Gasteiger partial charge on any atom is 0.319 e. The van der Waals surface area contributed by atoms with Gasteiger partial charge in [0.15, 0.2) is 17.6 Å². The number of esters is 1. The number of hydrogen-bond donors (Lipinski definition) is 1. The maximum atomic E-state index is 12.3. The topological polar surface area (TPSA) is 73.9 Å². The molecule has 27 heavy (non-hydrogen) atoms. The Morgan fingerprint density at radius 1 is 1.11 bits per heavy atom. The Morgan fingerprint density at radius 2 is 1.81 bits per heavy atom. The number of carbonyl (C=O) groups excluding carboxylic acids is 2. The van der Waals surface area contributed by atoms with E-state index in [1.54, 1.807) is 37.3 Å². The molecule has 0 saturated carbocycles. The first-order valence-electron chi connectivity index (χ1n) is 8.25. The van der Waals surface area contributed by atoms with Crippen molar-refractivity contribution in [1.82, 2.24) is 0 Å². The van der Waals surface area contributed by atoms with Crippen molar-refractivity contribution in [2.45, 2.75) is 30.1 Å². The minimum atomic E-state index is -0.934. The highest BCUT2D eigenvalue weighted by molar-refractivity contribution is 8.00. The van der Waals surface area contributed by atoms with Gasteiger partial charge in [0.2, 0.25) is 6.79 Å². The van der Waals surface area contributed by atoms with Crippen molar-refractivity contribution in [2.75, 3.05) is 12.1 Å². The van der Waals surface area contributed by atoms with Gasteiger partial charge in [-0.25, -0.2) is 0 Å². The van der Waals surface area contributed by atoms with Crippen molar-refractivity contribution in [3.05, 3.63) is 47.5 Å². The normalized spacial score (nSPS) is 14.3. The van der Waals surface area contributed by atoms with Crippen LogP contribution in [0.2, 0.25) is 5.02 Å². The van der Waals surface area contributed by atoms with Gasteiger partial charge in [-0.15, -0.1) is 11.8 Å². The molecule has 8 heteroatoms. The minimum absolute atomic E-state index is 0.157. The second-order valence-electron chi connectivity index (χ2n) is 5.85. The molecule has 1 aliphatic rings. The number of ether oxygens (including phenoxy) is 3. The van der Waals surface area contributed by atoms with Crippen LogP contribution >= 0.6 is 23.4 Å². The van der Waals surface area contributed by atoms with Gasteiger partial charge in [0, 0.05) is 21.7 Å². The molecule has 0 aromatic heterocycles. The Balaban J connectivity index is 1.52. The van der Waals surface area contributed by atoms with Crippen molar-refractivity contribution < 1.29 is 23.8 Å². The van der Waals surface area contributed by atoms with E-state index in [4.69, 9.17) is 25.8 Å². The summed E-state index contributed by atoms with van der Waals surface area (Å²) in [6.07, 6.45) is -0.934. The van der Waals surface area contributed by atoms with Crippen LogP contribution in [-0.4, -0.2) is 30.0 Å². The van der Waals surface area contributed by atoms with Crippen LogP contribution in [0.1, 0.15) is 13.8 Å². The molecule has 0 radical (unpaired) electrons. The van der Waals surface area contributed by atoms with Gasteiger partial charge in [-0.3, -0.25) is 9.59 Å². The fourth-order valence-corrected chi connectivity index (χ4v) is 3.29. The molecule has 2 aromatic carbocycles. The van der Waals surface area contributed by atoms with Crippen LogP contribution in [0.4, 0.5) is 5.69 Å². The first-order valence-corrected chi connectivity index (χ1v) is 9.51. The van der Waals surface area contributed by atoms with Gasteiger partial charge in [-0.2, -0.15) is 0 Å². The van der Waals surface area contributed by atoms with Crippen LogP contribution in [0, 0.1) is 0 Å². The van der Waals surface area contributed by atoms with Gasteiger partial charge in [-0.1, -0.05) is 11.6 Å². The number of amides is 1. The fraction of sp³-hybridized carbons (Fsp3) is 0.263. The average Bonchev–Trinajstić information content (AvgIpc) is 3.11. The van der Waals surface area contributed by atoms with E-state index in [9.17, 15) is 9.59 Å². The Labute approximate surface area is 166 Å². The number of benzene rings is 2. The van der Waals surface area contributed by atoms with E-state index < -0.39 is 23.2 Å². The third-order valence-electron chi connectivity index (χ3n) is 3.76. The lowest BCUT2D eigenvalue weighted by atomic mass is 10.2. The monoisotopic (exact) mass is 407 g/mol. The molecule has 6 nitrogen and oxygen atoms in total. The molecule has 0 saturated heterocycles. The van der Waals surface area contributed by atoms with Crippen molar-refractivity contribution in [2.24, 2.45) is 0 Å². The number of nitrogens with one attached hydrogen (secondary N) is 1. The zero-order valence-electron chi connectivity index (χ0n) is 14.7. The number of halogens is 1. The standard InChI is InChI=1S/C19H18ClNO5S/c1-11(18(22)21-14-5-8-16-17(9-14)25-10-24-16)26-19(23)12(2)27-15-6-3-13(20)4-7-15/h3-9,11-12H,10H2,1-2H3,(H,21,22)/t11-,12+/m1/s1. The predicted octanol–water partition coefficient (Wildman–Crippen LogP) is 4.12. The number of thioether (sulfide) groups is 1. The van der Waals surface area contributed by atoms with Crippen molar-refractivity contribution in [1.29, 1.82) is 0 Å². The Bertz CT molecular complexity index is 842. The molecule has 1 amide bonds. The first-order chi connectivity index (χ1) is 12.9. The third kappa shape index (κ3) is 5.08. The third-order valence-corrected chi connectivity index (χ3v) is 5.10. The Hall–Kier alpha value is -2.38. The molecular weight excluding hydrogens is 390 g/mol. The molecule has 0 spiro atoms. The van der Waals surface area contributed by atoms with Crippen LogP contribution in [0.5, 0.6) is 11.5 Å². The molecule has 1 heterocycles. The van der Waals surface area contributed by atoms with Crippen LogP contribution in [0.3, 0.4) is 0 Å². The average molecular weight is 408 g/mol. The van der Waals surface area contributed by atoms with Crippen molar-refractivity contribution in [3.8, 4) is 11.5 Å². The van der Waals surface area contributed by atoms with Crippen molar-refractivity contribution >= 4 is 40.9 Å². The van der Waals surface area contributed by atoms with E-state index in [0.29, 0.717) is 22.2 Å². The molecule has 0 unspecified atom stereocenters. The zero-order valence-corrected chi connectivity index (χ0v) is 16.3. The zero-order chi connectivity index (χ0) is 19.4. The van der Waals surface area contributed by atoms with E-state index in [-0.39, 0.29) is 6.79 Å². The smallest absolute Gasteiger partial charge is 0.319 e. The highest BCUT2D eigenvalue weighted by Crippen LogP contribution is 2.34. The molecule has 1 N–H and O–H groups in total. The maximum absolute atomic E-state index is 12.3. The minimum Gasteiger partial charge on any atom is -0.454 e. The van der Waals surface area contributed by atoms with Gasteiger partial charge < -0.3 is 19.5 Å².